The molecule has 0 unspecified atom stereocenters. The van der Waals surface area contributed by atoms with Crippen molar-refractivity contribution in [2.24, 2.45) is 0 Å². The second kappa shape index (κ2) is 3.98. The first kappa shape index (κ1) is 10.1. The van der Waals surface area contributed by atoms with E-state index in [4.69, 9.17) is 5.11 Å². The van der Waals surface area contributed by atoms with Crippen molar-refractivity contribution in [3.63, 3.8) is 0 Å². The quantitative estimate of drug-likeness (QED) is 0.674. The molecule has 1 heterocycles. The fraction of sp³-hybridized carbons (Fsp3) is 0.667. The van der Waals surface area contributed by atoms with Gasteiger partial charge in [-0.2, -0.15) is 0 Å². The van der Waals surface area contributed by atoms with Crippen molar-refractivity contribution in [2.45, 2.75) is 31.3 Å². The Hall–Kier alpha value is -1.43. The molecule has 6 heteroatoms. The number of nitrogens with one attached hydrogen (secondary N) is 1. The molecule has 0 saturated heterocycles. The summed E-state index contributed by atoms with van der Waals surface area (Å²) in [7, 11) is 0. The highest BCUT2D eigenvalue weighted by molar-refractivity contribution is 5.77. The van der Waals surface area contributed by atoms with E-state index < -0.39 is 0 Å². The third-order valence-electron chi connectivity index (χ3n) is 2.60. The lowest BCUT2D eigenvalue weighted by Gasteiger charge is -2.13. The van der Waals surface area contributed by atoms with E-state index >= 15 is 0 Å². The van der Waals surface area contributed by atoms with Crippen molar-refractivity contribution >= 4 is 5.91 Å². The average Bonchev–Trinajstić information content (AvgIpc) is 2.80. The van der Waals surface area contributed by atoms with Crippen LogP contribution in [0.4, 0.5) is 0 Å². The van der Waals surface area contributed by atoms with Crippen LogP contribution in [0.5, 0.6) is 0 Å². The molecule has 1 aliphatic rings. The van der Waals surface area contributed by atoms with Gasteiger partial charge in [0, 0.05) is 12.6 Å². The Morgan fingerprint density at radius 1 is 1.60 bits per heavy atom. The Kier molecular flexibility index (Phi) is 2.68. The molecule has 1 fully saturated rings. The molecular formula is C9H14N4O2. The van der Waals surface area contributed by atoms with Gasteiger partial charge < -0.3 is 10.4 Å². The number of aromatic nitrogens is 3. The summed E-state index contributed by atoms with van der Waals surface area (Å²) >= 11 is 0. The van der Waals surface area contributed by atoms with E-state index in [0.717, 1.165) is 12.8 Å². The number of nitrogens with zero attached hydrogens (tertiary/aromatic N) is 3. The molecule has 1 saturated carbocycles. The number of rotatable bonds is 5. The summed E-state index contributed by atoms with van der Waals surface area (Å²) in [4.78, 5) is 11.5. The van der Waals surface area contributed by atoms with Crippen LogP contribution in [0.1, 0.15) is 19.3 Å². The fourth-order valence-electron chi connectivity index (χ4n) is 1.40. The van der Waals surface area contributed by atoms with Crippen molar-refractivity contribution in [3.05, 3.63) is 12.4 Å². The average molecular weight is 210 g/mol. The van der Waals surface area contributed by atoms with Crippen LogP contribution in [0.15, 0.2) is 12.4 Å². The molecule has 0 aliphatic heterocycles. The minimum atomic E-state index is -0.320. The summed E-state index contributed by atoms with van der Waals surface area (Å²) in [6, 6.07) is 0. The van der Waals surface area contributed by atoms with Gasteiger partial charge in [-0.25, -0.2) is 0 Å². The Bertz CT molecular complexity index is 332. The Balaban J connectivity index is 1.73. The van der Waals surface area contributed by atoms with E-state index in [1.165, 1.54) is 0 Å². The SMILES string of the molecule is O=C(CCn1ccnn1)NC1(CO)CC1. The van der Waals surface area contributed by atoms with Crippen molar-refractivity contribution in [1.29, 1.82) is 0 Å². The Labute approximate surface area is 87.3 Å². The van der Waals surface area contributed by atoms with Crippen molar-refractivity contribution in [1.82, 2.24) is 20.3 Å². The predicted octanol–water partition coefficient (Wildman–Crippen LogP) is -0.691. The fourth-order valence-corrected chi connectivity index (χ4v) is 1.40. The molecule has 0 spiro atoms. The first-order valence-corrected chi connectivity index (χ1v) is 5.00. The van der Waals surface area contributed by atoms with Gasteiger partial charge in [0.15, 0.2) is 0 Å². The summed E-state index contributed by atoms with van der Waals surface area (Å²) in [6.45, 7) is 0.551. The van der Waals surface area contributed by atoms with Crippen molar-refractivity contribution in [2.75, 3.05) is 6.61 Å². The van der Waals surface area contributed by atoms with E-state index in [-0.39, 0.29) is 18.1 Å². The Morgan fingerprint density at radius 2 is 2.40 bits per heavy atom. The normalized spacial score (nSPS) is 17.4. The van der Waals surface area contributed by atoms with E-state index in [9.17, 15) is 4.79 Å². The largest absolute Gasteiger partial charge is 0.394 e. The summed E-state index contributed by atoms with van der Waals surface area (Å²) in [5.74, 6) is -0.0444. The summed E-state index contributed by atoms with van der Waals surface area (Å²) < 4.78 is 1.61. The van der Waals surface area contributed by atoms with Crippen molar-refractivity contribution < 1.29 is 9.90 Å². The number of aryl methyl sites for hydroxylation is 1. The van der Waals surface area contributed by atoms with E-state index in [1.807, 2.05) is 0 Å². The van der Waals surface area contributed by atoms with Crippen LogP contribution < -0.4 is 5.32 Å². The molecule has 0 aromatic carbocycles. The van der Waals surface area contributed by atoms with Gasteiger partial charge in [0.1, 0.15) is 0 Å². The zero-order chi connectivity index (χ0) is 10.7. The van der Waals surface area contributed by atoms with Gasteiger partial charge in [0.05, 0.1) is 24.9 Å². The second-order valence-corrected chi connectivity index (χ2v) is 3.90. The smallest absolute Gasteiger partial charge is 0.222 e. The monoisotopic (exact) mass is 210 g/mol. The highest BCUT2D eigenvalue weighted by Crippen LogP contribution is 2.34. The van der Waals surface area contributed by atoms with Crippen LogP contribution in [0, 0.1) is 0 Å². The van der Waals surface area contributed by atoms with Crippen LogP contribution in [-0.2, 0) is 11.3 Å². The molecule has 0 radical (unpaired) electrons. The lowest BCUT2D eigenvalue weighted by molar-refractivity contribution is -0.122. The summed E-state index contributed by atoms with van der Waals surface area (Å²) in [5, 5.41) is 19.2. The van der Waals surface area contributed by atoms with E-state index in [1.54, 1.807) is 17.1 Å². The zero-order valence-electron chi connectivity index (χ0n) is 8.39. The Morgan fingerprint density at radius 3 is 2.93 bits per heavy atom. The highest BCUT2D eigenvalue weighted by Gasteiger charge is 2.43. The van der Waals surface area contributed by atoms with Gasteiger partial charge in [-0.05, 0) is 12.8 Å². The van der Waals surface area contributed by atoms with Gasteiger partial charge in [-0.1, -0.05) is 5.21 Å². The molecule has 1 aromatic rings. The molecule has 0 bridgehead atoms. The molecule has 1 amide bonds. The number of carbonyl (C=O) groups excluding carboxylic acids is 1. The maximum atomic E-state index is 11.5. The molecular weight excluding hydrogens is 196 g/mol. The highest BCUT2D eigenvalue weighted by atomic mass is 16.3. The lowest BCUT2D eigenvalue weighted by Crippen LogP contribution is -2.39. The predicted molar refractivity (Wildman–Crippen MR) is 51.8 cm³/mol. The van der Waals surface area contributed by atoms with E-state index in [0.29, 0.717) is 13.0 Å². The van der Waals surface area contributed by atoms with Crippen LogP contribution >= 0.6 is 0 Å². The van der Waals surface area contributed by atoms with Crippen molar-refractivity contribution in [3.8, 4) is 0 Å². The molecule has 15 heavy (non-hydrogen) atoms. The molecule has 82 valence electrons. The number of aliphatic hydroxyl groups is 1. The van der Waals surface area contributed by atoms with Crippen LogP contribution in [0.25, 0.3) is 0 Å². The number of hydrogen-bond acceptors (Lipinski definition) is 4. The first-order valence-electron chi connectivity index (χ1n) is 5.00. The number of carbonyl (C=O) groups is 1. The third-order valence-corrected chi connectivity index (χ3v) is 2.60. The van der Waals surface area contributed by atoms with Crippen LogP contribution in [0.2, 0.25) is 0 Å². The second-order valence-electron chi connectivity index (χ2n) is 3.90. The van der Waals surface area contributed by atoms with Gasteiger partial charge in [0.25, 0.3) is 0 Å². The van der Waals surface area contributed by atoms with Crippen LogP contribution in [0.3, 0.4) is 0 Å². The van der Waals surface area contributed by atoms with Crippen LogP contribution in [-0.4, -0.2) is 38.2 Å². The minimum Gasteiger partial charge on any atom is -0.394 e. The maximum Gasteiger partial charge on any atom is 0.222 e. The number of hydrogen-bond donors (Lipinski definition) is 2. The zero-order valence-corrected chi connectivity index (χ0v) is 8.39. The molecule has 1 aliphatic carbocycles. The topological polar surface area (TPSA) is 80.0 Å². The molecule has 0 atom stereocenters. The number of amides is 1. The standard InChI is InChI=1S/C9H14N4O2/c14-7-9(2-3-9)11-8(15)1-5-13-6-4-10-12-13/h4,6,14H,1-3,5,7H2,(H,11,15). The number of aliphatic hydroxyl groups excluding tert-OH is 1. The molecule has 1 aromatic heterocycles. The van der Waals surface area contributed by atoms with Gasteiger partial charge >= 0.3 is 0 Å². The van der Waals surface area contributed by atoms with Gasteiger partial charge in [0.2, 0.25) is 5.91 Å². The minimum absolute atomic E-state index is 0.0298. The molecule has 2 rings (SSSR count). The lowest BCUT2D eigenvalue weighted by atomic mass is 10.2. The summed E-state index contributed by atoms with van der Waals surface area (Å²) in [6.07, 6.45) is 5.41. The maximum absolute atomic E-state index is 11.5. The van der Waals surface area contributed by atoms with Gasteiger partial charge in [-0.3, -0.25) is 9.48 Å². The molecule has 2 N–H and O–H groups in total. The third kappa shape index (κ3) is 2.53. The van der Waals surface area contributed by atoms with E-state index in [2.05, 4.69) is 15.6 Å². The molecule has 6 nitrogen and oxygen atoms in total. The van der Waals surface area contributed by atoms with Gasteiger partial charge in [-0.15, -0.1) is 5.10 Å². The first-order chi connectivity index (χ1) is 7.24. The summed E-state index contributed by atoms with van der Waals surface area (Å²) in [5.41, 5.74) is -0.320.